The van der Waals surface area contributed by atoms with Crippen molar-refractivity contribution in [3.63, 3.8) is 0 Å². The van der Waals surface area contributed by atoms with Gasteiger partial charge in [0.05, 0.1) is 24.6 Å². The van der Waals surface area contributed by atoms with Crippen LogP contribution in [-0.2, 0) is 17.8 Å². The highest BCUT2D eigenvalue weighted by atomic mass is 79.9. The maximum atomic E-state index is 5.44. The van der Waals surface area contributed by atoms with Crippen molar-refractivity contribution in [1.29, 1.82) is 0 Å². The largest absolute Gasteiger partial charge is 0.376 e. The first-order valence-electron chi connectivity index (χ1n) is 5.25. The second-order valence-electron chi connectivity index (χ2n) is 3.77. The third kappa shape index (κ3) is 1.58. The number of fused-ring (bicyclic) bond motifs is 1. The Morgan fingerprint density at radius 3 is 2.88 bits per heavy atom. The quantitative estimate of drug-likeness (QED) is 0.802. The molecule has 82 valence electrons. The van der Waals surface area contributed by atoms with E-state index in [1.54, 1.807) is 0 Å². The van der Waals surface area contributed by atoms with Gasteiger partial charge >= 0.3 is 0 Å². The van der Waals surface area contributed by atoms with Crippen molar-refractivity contribution in [3.8, 4) is 5.69 Å². The van der Waals surface area contributed by atoms with E-state index >= 15 is 0 Å². The topological polar surface area (TPSA) is 27.1 Å². The predicted molar refractivity (Wildman–Crippen MR) is 64.6 cm³/mol. The summed E-state index contributed by atoms with van der Waals surface area (Å²) in [4.78, 5) is 0. The fourth-order valence-electron chi connectivity index (χ4n) is 1.98. The van der Waals surface area contributed by atoms with E-state index in [2.05, 4.69) is 33.2 Å². The Labute approximate surface area is 102 Å². The fraction of sp³-hybridized carbons (Fsp3) is 0.250. The van der Waals surface area contributed by atoms with Gasteiger partial charge in [0.2, 0.25) is 0 Å². The van der Waals surface area contributed by atoms with E-state index in [1.807, 2.05) is 22.9 Å². The first kappa shape index (κ1) is 10.1. The third-order valence-corrected chi connectivity index (χ3v) is 3.41. The maximum absolute atomic E-state index is 5.44. The van der Waals surface area contributed by atoms with E-state index in [1.165, 1.54) is 11.3 Å². The normalized spacial score (nSPS) is 14.8. The lowest BCUT2D eigenvalue weighted by Crippen LogP contribution is -2.12. The minimum absolute atomic E-state index is 0.656. The number of aromatic nitrogens is 2. The van der Waals surface area contributed by atoms with Crippen LogP contribution in [0.1, 0.15) is 11.3 Å². The molecule has 0 radical (unpaired) electrons. The molecule has 16 heavy (non-hydrogen) atoms. The molecule has 0 unspecified atom stereocenters. The molecule has 0 saturated heterocycles. The maximum Gasteiger partial charge on any atom is 0.134 e. The molecule has 0 spiro atoms. The molecule has 0 saturated carbocycles. The zero-order valence-corrected chi connectivity index (χ0v) is 10.3. The summed E-state index contributed by atoms with van der Waals surface area (Å²) >= 11 is 3.49. The smallest absolute Gasteiger partial charge is 0.134 e. The minimum atomic E-state index is 0.656. The standard InChI is InChI=1S/C12H11BrN2O/c13-12-10-8-16-7-6-11(10)15(14-12)9-4-2-1-3-5-9/h1-5H,6-8H2. The van der Waals surface area contributed by atoms with Gasteiger partial charge in [-0.3, -0.25) is 0 Å². The highest BCUT2D eigenvalue weighted by Crippen LogP contribution is 2.26. The number of benzene rings is 1. The first-order chi connectivity index (χ1) is 7.86. The van der Waals surface area contributed by atoms with Gasteiger partial charge in [0, 0.05) is 12.0 Å². The molecule has 0 aliphatic carbocycles. The van der Waals surface area contributed by atoms with E-state index in [4.69, 9.17) is 4.74 Å². The second kappa shape index (κ2) is 4.03. The Bertz CT molecular complexity index is 507. The van der Waals surface area contributed by atoms with E-state index < -0.39 is 0 Å². The molecule has 1 aliphatic rings. The highest BCUT2D eigenvalue weighted by Gasteiger charge is 2.20. The van der Waals surface area contributed by atoms with E-state index in [-0.39, 0.29) is 0 Å². The van der Waals surface area contributed by atoms with E-state index in [0.29, 0.717) is 6.61 Å². The summed E-state index contributed by atoms with van der Waals surface area (Å²) in [6.07, 6.45) is 0.919. The fourth-order valence-corrected chi connectivity index (χ4v) is 2.48. The molecular weight excluding hydrogens is 268 g/mol. The molecule has 1 aromatic carbocycles. The minimum Gasteiger partial charge on any atom is -0.376 e. The highest BCUT2D eigenvalue weighted by molar-refractivity contribution is 9.10. The van der Waals surface area contributed by atoms with Crippen LogP contribution < -0.4 is 0 Å². The zero-order chi connectivity index (χ0) is 11.0. The van der Waals surface area contributed by atoms with Gasteiger partial charge in [-0.15, -0.1) is 0 Å². The lowest BCUT2D eigenvalue weighted by atomic mass is 10.1. The van der Waals surface area contributed by atoms with Gasteiger partial charge in [-0.25, -0.2) is 4.68 Å². The van der Waals surface area contributed by atoms with Crippen molar-refractivity contribution < 1.29 is 4.74 Å². The predicted octanol–water partition coefficient (Wildman–Crippen LogP) is 2.71. The monoisotopic (exact) mass is 278 g/mol. The Morgan fingerprint density at radius 1 is 1.25 bits per heavy atom. The summed E-state index contributed by atoms with van der Waals surface area (Å²) in [5.74, 6) is 0. The van der Waals surface area contributed by atoms with Gasteiger partial charge in [-0.1, -0.05) is 18.2 Å². The van der Waals surface area contributed by atoms with Crippen LogP contribution in [0.2, 0.25) is 0 Å². The van der Waals surface area contributed by atoms with Crippen LogP contribution in [0.5, 0.6) is 0 Å². The Kier molecular flexibility index (Phi) is 2.53. The van der Waals surface area contributed by atoms with Gasteiger partial charge in [-0.2, -0.15) is 5.10 Å². The molecule has 0 atom stereocenters. The number of ether oxygens (including phenoxy) is 1. The summed E-state index contributed by atoms with van der Waals surface area (Å²) in [6, 6.07) is 10.2. The molecule has 4 heteroatoms. The SMILES string of the molecule is Brc1nn(-c2ccccc2)c2c1COCC2. The summed E-state index contributed by atoms with van der Waals surface area (Å²) in [7, 11) is 0. The summed E-state index contributed by atoms with van der Waals surface area (Å²) in [5.41, 5.74) is 3.53. The zero-order valence-electron chi connectivity index (χ0n) is 8.69. The Balaban J connectivity index is 2.15. The number of halogens is 1. The van der Waals surface area contributed by atoms with Crippen LogP contribution in [0.4, 0.5) is 0 Å². The summed E-state index contributed by atoms with van der Waals surface area (Å²) < 4.78 is 8.34. The summed E-state index contributed by atoms with van der Waals surface area (Å²) in [6.45, 7) is 1.43. The molecule has 0 amide bonds. The molecule has 3 nitrogen and oxygen atoms in total. The van der Waals surface area contributed by atoms with Gasteiger partial charge in [0.15, 0.2) is 0 Å². The van der Waals surface area contributed by atoms with Crippen LogP contribution in [-0.4, -0.2) is 16.4 Å². The van der Waals surface area contributed by atoms with E-state index in [0.717, 1.165) is 23.3 Å². The molecule has 1 aliphatic heterocycles. The average Bonchev–Trinajstić information content (AvgIpc) is 2.69. The number of nitrogens with zero attached hydrogens (tertiary/aromatic N) is 2. The lowest BCUT2D eigenvalue weighted by molar-refractivity contribution is 0.109. The summed E-state index contributed by atoms with van der Waals surface area (Å²) in [5, 5.41) is 4.52. The number of rotatable bonds is 1. The van der Waals surface area contributed by atoms with Crippen LogP contribution in [0.15, 0.2) is 34.9 Å². The van der Waals surface area contributed by atoms with Crippen LogP contribution in [0, 0.1) is 0 Å². The second-order valence-corrected chi connectivity index (χ2v) is 4.52. The number of hydrogen-bond donors (Lipinski definition) is 0. The van der Waals surface area contributed by atoms with Crippen molar-refractivity contribution >= 4 is 15.9 Å². The number of para-hydroxylation sites is 1. The van der Waals surface area contributed by atoms with Crippen molar-refractivity contribution in [3.05, 3.63) is 46.2 Å². The molecule has 2 heterocycles. The van der Waals surface area contributed by atoms with Crippen molar-refractivity contribution in [2.45, 2.75) is 13.0 Å². The molecule has 1 aromatic heterocycles. The Morgan fingerprint density at radius 2 is 2.06 bits per heavy atom. The lowest BCUT2D eigenvalue weighted by Gasteiger charge is -2.14. The van der Waals surface area contributed by atoms with Crippen LogP contribution in [0.25, 0.3) is 5.69 Å². The average molecular weight is 279 g/mol. The van der Waals surface area contributed by atoms with Crippen molar-refractivity contribution in [2.75, 3.05) is 6.61 Å². The van der Waals surface area contributed by atoms with Crippen molar-refractivity contribution in [2.24, 2.45) is 0 Å². The van der Waals surface area contributed by atoms with Crippen LogP contribution in [0.3, 0.4) is 0 Å². The van der Waals surface area contributed by atoms with Crippen LogP contribution >= 0.6 is 15.9 Å². The van der Waals surface area contributed by atoms with Crippen molar-refractivity contribution in [1.82, 2.24) is 9.78 Å². The molecule has 0 N–H and O–H groups in total. The van der Waals surface area contributed by atoms with E-state index in [9.17, 15) is 0 Å². The van der Waals surface area contributed by atoms with Gasteiger partial charge < -0.3 is 4.74 Å². The molecule has 0 fully saturated rings. The molecular formula is C12H11BrN2O. The Hall–Kier alpha value is -1.13. The molecule has 0 bridgehead atoms. The first-order valence-corrected chi connectivity index (χ1v) is 6.05. The number of hydrogen-bond acceptors (Lipinski definition) is 2. The van der Waals surface area contributed by atoms with Gasteiger partial charge in [0.25, 0.3) is 0 Å². The third-order valence-electron chi connectivity index (χ3n) is 2.77. The van der Waals surface area contributed by atoms with Gasteiger partial charge in [0.1, 0.15) is 4.60 Å². The van der Waals surface area contributed by atoms with Gasteiger partial charge in [-0.05, 0) is 28.1 Å². The molecule has 2 aromatic rings. The molecule has 3 rings (SSSR count).